The zero-order valence-electron chi connectivity index (χ0n) is 7.19. The highest BCUT2D eigenvalue weighted by atomic mass is 16.2. The minimum absolute atomic E-state index is 0.233. The summed E-state index contributed by atoms with van der Waals surface area (Å²) in [6, 6.07) is 1.25. The Balaban J connectivity index is 2.96. The monoisotopic (exact) mass is 182 g/mol. The molecule has 0 bridgehead atoms. The second-order valence-corrected chi connectivity index (χ2v) is 2.88. The molecule has 5 nitrogen and oxygen atoms in total. The lowest BCUT2D eigenvalue weighted by molar-refractivity contribution is -0.111. The molecule has 1 atom stereocenters. The quantitative estimate of drug-likeness (QED) is 0.633. The van der Waals surface area contributed by atoms with Gasteiger partial charge in [0.15, 0.2) is 0 Å². The van der Waals surface area contributed by atoms with Gasteiger partial charge in [-0.25, -0.2) is 4.79 Å². The molecule has 0 aromatic carbocycles. The first-order valence-electron chi connectivity index (χ1n) is 3.88. The molecular formula is C8H10N2O3. The van der Waals surface area contributed by atoms with Gasteiger partial charge in [-0.1, -0.05) is 6.92 Å². The van der Waals surface area contributed by atoms with E-state index >= 15 is 0 Å². The highest BCUT2D eigenvalue weighted by Crippen LogP contribution is 1.91. The topological polar surface area (TPSA) is 71.9 Å². The van der Waals surface area contributed by atoms with Gasteiger partial charge < -0.3 is 4.79 Å². The predicted molar refractivity (Wildman–Crippen MR) is 46.6 cm³/mol. The number of carbonyl (C=O) groups excluding carboxylic acids is 1. The van der Waals surface area contributed by atoms with Crippen LogP contribution in [-0.4, -0.2) is 15.8 Å². The third-order valence-corrected chi connectivity index (χ3v) is 1.61. The maximum absolute atomic E-state index is 11.1. The molecule has 13 heavy (non-hydrogen) atoms. The van der Waals surface area contributed by atoms with Crippen molar-refractivity contribution in [3.05, 3.63) is 33.1 Å². The number of rotatable bonds is 3. The Morgan fingerprint density at radius 1 is 1.62 bits per heavy atom. The van der Waals surface area contributed by atoms with E-state index in [0.29, 0.717) is 6.54 Å². The average Bonchev–Trinajstić information content (AvgIpc) is 2.09. The van der Waals surface area contributed by atoms with E-state index in [-0.39, 0.29) is 5.92 Å². The summed E-state index contributed by atoms with van der Waals surface area (Å²) in [6.07, 6.45) is 2.14. The van der Waals surface area contributed by atoms with Gasteiger partial charge in [0.05, 0.1) is 0 Å². The van der Waals surface area contributed by atoms with Crippen molar-refractivity contribution in [2.45, 2.75) is 13.5 Å². The van der Waals surface area contributed by atoms with E-state index < -0.39 is 11.2 Å². The van der Waals surface area contributed by atoms with Crippen LogP contribution in [0.4, 0.5) is 0 Å². The van der Waals surface area contributed by atoms with Crippen molar-refractivity contribution in [2.75, 3.05) is 0 Å². The number of aromatic nitrogens is 2. The lowest BCUT2D eigenvalue weighted by Crippen LogP contribution is -2.30. The average molecular weight is 182 g/mol. The van der Waals surface area contributed by atoms with Crippen molar-refractivity contribution < 1.29 is 4.79 Å². The summed E-state index contributed by atoms with van der Waals surface area (Å²) in [5.74, 6) is -0.233. The van der Waals surface area contributed by atoms with Crippen LogP contribution in [0.5, 0.6) is 0 Å². The van der Waals surface area contributed by atoms with E-state index in [1.54, 1.807) is 6.92 Å². The lowest BCUT2D eigenvalue weighted by Gasteiger charge is -2.05. The lowest BCUT2D eigenvalue weighted by atomic mass is 10.2. The van der Waals surface area contributed by atoms with Crippen LogP contribution in [0, 0.1) is 5.92 Å². The molecule has 0 radical (unpaired) electrons. The molecule has 1 heterocycles. The van der Waals surface area contributed by atoms with E-state index in [1.807, 2.05) is 0 Å². The van der Waals surface area contributed by atoms with Crippen LogP contribution in [0.15, 0.2) is 21.9 Å². The minimum atomic E-state index is -0.485. The van der Waals surface area contributed by atoms with Crippen molar-refractivity contribution in [3.8, 4) is 0 Å². The molecule has 1 aromatic heterocycles. The molecule has 0 spiro atoms. The maximum Gasteiger partial charge on any atom is 0.328 e. The number of nitrogens with one attached hydrogen (secondary N) is 1. The fourth-order valence-corrected chi connectivity index (χ4v) is 0.941. The molecule has 1 unspecified atom stereocenters. The summed E-state index contributed by atoms with van der Waals surface area (Å²) in [6.45, 7) is 1.99. The number of carbonyl (C=O) groups is 1. The Bertz CT molecular complexity index is 404. The molecule has 0 saturated heterocycles. The summed E-state index contributed by atoms with van der Waals surface area (Å²) in [5, 5.41) is 0. The highest BCUT2D eigenvalue weighted by Gasteiger charge is 2.02. The van der Waals surface area contributed by atoms with Crippen LogP contribution in [-0.2, 0) is 11.3 Å². The molecule has 0 amide bonds. The number of aldehydes is 1. The summed E-state index contributed by atoms with van der Waals surface area (Å²) in [4.78, 5) is 34.1. The van der Waals surface area contributed by atoms with Crippen LogP contribution < -0.4 is 11.2 Å². The first-order valence-corrected chi connectivity index (χ1v) is 3.88. The first kappa shape index (κ1) is 9.44. The van der Waals surface area contributed by atoms with Gasteiger partial charge in [0.25, 0.3) is 5.56 Å². The third kappa shape index (κ3) is 2.40. The van der Waals surface area contributed by atoms with Gasteiger partial charge in [0, 0.05) is 24.7 Å². The summed E-state index contributed by atoms with van der Waals surface area (Å²) < 4.78 is 1.29. The normalized spacial score (nSPS) is 12.4. The zero-order valence-corrected chi connectivity index (χ0v) is 7.19. The minimum Gasteiger partial charge on any atom is -0.303 e. The number of nitrogens with zero attached hydrogens (tertiary/aromatic N) is 1. The molecule has 0 aliphatic heterocycles. The molecule has 70 valence electrons. The van der Waals surface area contributed by atoms with Crippen molar-refractivity contribution in [1.82, 2.24) is 9.55 Å². The SMILES string of the molecule is CC(C=O)Cn1ccc(=O)[nH]c1=O. The van der Waals surface area contributed by atoms with Gasteiger partial charge in [-0.3, -0.25) is 14.3 Å². The molecule has 5 heteroatoms. The second-order valence-electron chi connectivity index (χ2n) is 2.88. The highest BCUT2D eigenvalue weighted by molar-refractivity contribution is 5.52. The van der Waals surface area contributed by atoms with E-state index in [0.717, 1.165) is 6.29 Å². The molecule has 0 fully saturated rings. The Morgan fingerprint density at radius 3 is 2.85 bits per heavy atom. The van der Waals surface area contributed by atoms with Crippen molar-refractivity contribution in [1.29, 1.82) is 0 Å². The van der Waals surface area contributed by atoms with Crippen LogP contribution in [0.25, 0.3) is 0 Å². The Morgan fingerprint density at radius 2 is 2.31 bits per heavy atom. The van der Waals surface area contributed by atoms with Crippen LogP contribution in [0.2, 0.25) is 0 Å². The fourth-order valence-electron chi connectivity index (χ4n) is 0.941. The van der Waals surface area contributed by atoms with Gasteiger partial charge >= 0.3 is 5.69 Å². The fraction of sp³-hybridized carbons (Fsp3) is 0.375. The molecule has 1 aromatic rings. The Hall–Kier alpha value is -1.65. The smallest absolute Gasteiger partial charge is 0.303 e. The number of hydrogen-bond donors (Lipinski definition) is 1. The van der Waals surface area contributed by atoms with Gasteiger partial charge in [-0.15, -0.1) is 0 Å². The van der Waals surface area contributed by atoms with Crippen molar-refractivity contribution in [2.24, 2.45) is 5.92 Å². The second kappa shape index (κ2) is 3.84. The van der Waals surface area contributed by atoms with E-state index in [1.165, 1.54) is 16.8 Å². The molecular weight excluding hydrogens is 172 g/mol. The number of aromatic amines is 1. The van der Waals surface area contributed by atoms with E-state index in [2.05, 4.69) is 4.98 Å². The van der Waals surface area contributed by atoms with Gasteiger partial charge in [0.1, 0.15) is 6.29 Å². The predicted octanol–water partition coefficient (Wildman–Crippen LogP) is -0.628. The maximum atomic E-state index is 11.1. The van der Waals surface area contributed by atoms with Crippen LogP contribution in [0.1, 0.15) is 6.92 Å². The van der Waals surface area contributed by atoms with Gasteiger partial charge in [-0.2, -0.15) is 0 Å². The van der Waals surface area contributed by atoms with Gasteiger partial charge in [-0.05, 0) is 0 Å². The Kier molecular flexibility index (Phi) is 2.79. The third-order valence-electron chi connectivity index (χ3n) is 1.61. The van der Waals surface area contributed by atoms with E-state index in [9.17, 15) is 14.4 Å². The molecule has 1 N–H and O–H groups in total. The van der Waals surface area contributed by atoms with Gasteiger partial charge in [0.2, 0.25) is 0 Å². The Labute approximate surface area is 74.0 Å². The number of H-pyrrole nitrogens is 1. The summed E-state index contributed by atoms with van der Waals surface area (Å²) in [7, 11) is 0. The molecule has 0 aliphatic rings. The number of hydrogen-bond acceptors (Lipinski definition) is 3. The van der Waals surface area contributed by atoms with Crippen molar-refractivity contribution in [3.63, 3.8) is 0 Å². The largest absolute Gasteiger partial charge is 0.328 e. The van der Waals surface area contributed by atoms with Crippen LogP contribution >= 0.6 is 0 Å². The standard InChI is InChI=1S/C8H10N2O3/c1-6(5-11)4-10-3-2-7(12)9-8(10)13/h2-3,5-6H,4H2,1H3,(H,9,12,13). The van der Waals surface area contributed by atoms with Crippen molar-refractivity contribution >= 4 is 6.29 Å². The van der Waals surface area contributed by atoms with E-state index in [4.69, 9.17) is 0 Å². The molecule has 0 aliphatic carbocycles. The first-order chi connectivity index (χ1) is 6.13. The zero-order chi connectivity index (χ0) is 9.84. The molecule has 0 saturated carbocycles. The summed E-state index contributed by atoms with van der Waals surface area (Å²) in [5.41, 5.74) is -0.916. The molecule has 1 rings (SSSR count). The van der Waals surface area contributed by atoms with Crippen LogP contribution in [0.3, 0.4) is 0 Å². The summed E-state index contributed by atoms with van der Waals surface area (Å²) >= 11 is 0.